The first kappa shape index (κ1) is 20.5. The van der Waals surface area contributed by atoms with Crippen LogP contribution in [0.15, 0.2) is 18.2 Å². The van der Waals surface area contributed by atoms with E-state index in [-0.39, 0.29) is 21.4 Å². The molecular formula is C18H15Cl3N2O5. The minimum atomic E-state index is -0.737. The molecule has 1 aliphatic heterocycles. The molecule has 1 aromatic carbocycles. The van der Waals surface area contributed by atoms with Crippen molar-refractivity contribution in [1.29, 1.82) is 0 Å². The molecule has 2 aromatic rings. The summed E-state index contributed by atoms with van der Waals surface area (Å²) < 4.78 is 16.1. The minimum Gasteiger partial charge on any atom is -0.489 e. The van der Waals surface area contributed by atoms with Crippen molar-refractivity contribution >= 4 is 52.5 Å². The zero-order chi connectivity index (χ0) is 20.3. The number of pyridine rings is 1. The third-order valence-corrected chi connectivity index (χ3v) is 4.69. The topological polar surface area (TPSA) is 86.8 Å². The van der Waals surface area contributed by atoms with Crippen LogP contribution in [0, 0.1) is 6.92 Å². The second-order valence-electron chi connectivity index (χ2n) is 5.85. The van der Waals surface area contributed by atoms with Crippen LogP contribution in [-0.2, 0) is 9.53 Å². The number of esters is 1. The lowest BCUT2D eigenvalue weighted by molar-refractivity contribution is -0.119. The number of anilines is 1. The maximum atomic E-state index is 12.3. The van der Waals surface area contributed by atoms with Crippen LogP contribution in [0.4, 0.5) is 5.82 Å². The number of rotatable bonds is 4. The van der Waals surface area contributed by atoms with Gasteiger partial charge in [0.25, 0.3) is 5.91 Å². The Kier molecular flexibility index (Phi) is 6.49. The number of carbonyl (C=O) groups excluding carboxylic acids is 2. The smallest absolute Gasteiger partial charge is 0.338 e. The summed E-state index contributed by atoms with van der Waals surface area (Å²) in [6.45, 7) is 2.04. The van der Waals surface area contributed by atoms with Crippen LogP contribution in [0.5, 0.6) is 11.5 Å². The number of ether oxygens (including phenoxy) is 3. The normalized spacial score (nSPS) is 12.9. The van der Waals surface area contributed by atoms with Crippen LogP contribution < -0.4 is 14.8 Å². The molecule has 2 heterocycles. The summed E-state index contributed by atoms with van der Waals surface area (Å²) in [5.41, 5.74) is 0.640. The number of hydrogen-bond acceptors (Lipinski definition) is 6. The van der Waals surface area contributed by atoms with E-state index in [9.17, 15) is 9.59 Å². The fraction of sp³-hybridized carbons (Fsp3) is 0.278. The van der Waals surface area contributed by atoms with E-state index in [4.69, 9.17) is 49.0 Å². The van der Waals surface area contributed by atoms with Crippen LogP contribution in [0.2, 0.25) is 15.1 Å². The highest BCUT2D eigenvalue weighted by Gasteiger charge is 2.20. The van der Waals surface area contributed by atoms with Gasteiger partial charge in [0.05, 0.1) is 39.5 Å². The lowest BCUT2D eigenvalue weighted by Gasteiger charge is -2.12. The van der Waals surface area contributed by atoms with Crippen LogP contribution in [0.25, 0.3) is 0 Å². The van der Waals surface area contributed by atoms with Gasteiger partial charge >= 0.3 is 5.97 Å². The molecule has 0 atom stereocenters. The van der Waals surface area contributed by atoms with Gasteiger partial charge in [0.1, 0.15) is 0 Å². The second kappa shape index (κ2) is 8.86. The van der Waals surface area contributed by atoms with Gasteiger partial charge in [0, 0.05) is 6.42 Å². The van der Waals surface area contributed by atoms with E-state index in [1.165, 1.54) is 18.2 Å². The fourth-order valence-corrected chi connectivity index (χ4v) is 3.05. The van der Waals surface area contributed by atoms with E-state index >= 15 is 0 Å². The molecule has 0 unspecified atom stereocenters. The van der Waals surface area contributed by atoms with Crippen LogP contribution >= 0.6 is 34.8 Å². The zero-order valence-electron chi connectivity index (χ0n) is 14.7. The predicted molar refractivity (Wildman–Crippen MR) is 105 cm³/mol. The first-order valence-corrected chi connectivity index (χ1v) is 9.37. The molecule has 148 valence electrons. The van der Waals surface area contributed by atoms with Crippen LogP contribution in [0.1, 0.15) is 22.5 Å². The fourth-order valence-electron chi connectivity index (χ4n) is 2.38. The predicted octanol–water partition coefficient (Wildman–Crippen LogP) is 4.31. The van der Waals surface area contributed by atoms with Crippen LogP contribution in [-0.4, -0.2) is 36.7 Å². The van der Waals surface area contributed by atoms with E-state index in [2.05, 4.69) is 10.3 Å². The summed E-state index contributed by atoms with van der Waals surface area (Å²) in [5.74, 6) is -0.478. The summed E-state index contributed by atoms with van der Waals surface area (Å²) in [6.07, 6.45) is 0.700. The molecule has 3 rings (SSSR count). The number of amides is 1. The molecule has 1 amide bonds. The number of fused-ring (bicyclic) bond motifs is 1. The molecule has 0 fully saturated rings. The molecule has 0 saturated carbocycles. The lowest BCUT2D eigenvalue weighted by atomic mass is 10.2. The van der Waals surface area contributed by atoms with Gasteiger partial charge in [-0.1, -0.05) is 34.8 Å². The van der Waals surface area contributed by atoms with Crippen molar-refractivity contribution in [1.82, 2.24) is 4.98 Å². The molecule has 10 heteroatoms. The molecule has 1 N–H and O–H groups in total. The molecule has 0 spiro atoms. The van der Waals surface area contributed by atoms with E-state index in [1.54, 1.807) is 6.92 Å². The standard InChI is InChI=1S/C18H15Cl3N2O5/c1-9-11(19)7-13(21)17(22-9)23-15(24)8-28-18(25)10-5-12(20)16-14(6-10)26-3-2-4-27-16/h5-7H,2-4,8H2,1H3,(H,22,23,24). The maximum absolute atomic E-state index is 12.3. The molecule has 28 heavy (non-hydrogen) atoms. The monoisotopic (exact) mass is 444 g/mol. The molecule has 0 aliphatic carbocycles. The highest BCUT2D eigenvalue weighted by atomic mass is 35.5. The van der Waals surface area contributed by atoms with E-state index < -0.39 is 18.5 Å². The largest absolute Gasteiger partial charge is 0.489 e. The summed E-state index contributed by atoms with van der Waals surface area (Å²) in [4.78, 5) is 28.4. The average molecular weight is 446 g/mol. The van der Waals surface area contributed by atoms with Gasteiger partial charge < -0.3 is 19.5 Å². The van der Waals surface area contributed by atoms with Crippen molar-refractivity contribution in [2.75, 3.05) is 25.1 Å². The quantitative estimate of drug-likeness (QED) is 0.706. The summed E-state index contributed by atoms with van der Waals surface area (Å²) in [7, 11) is 0. The van der Waals surface area contributed by atoms with Crippen molar-refractivity contribution in [3.63, 3.8) is 0 Å². The number of aromatic nitrogens is 1. The Balaban J connectivity index is 1.64. The van der Waals surface area contributed by atoms with E-state index in [0.29, 0.717) is 41.9 Å². The first-order chi connectivity index (χ1) is 13.3. The number of carbonyl (C=O) groups is 2. The highest BCUT2D eigenvalue weighted by Crippen LogP contribution is 2.38. The number of benzene rings is 1. The molecule has 0 radical (unpaired) electrons. The molecule has 0 saturated heterocycles. The summed E-state index contributed by atoms with van der Waals surface area (Å²) in [6, 6.07) is 4.33. The van der Waals surface area contributed by atoms with Crippen LogP contribution in [0.3, 0.4) is 0 Å². The number of aryl methyl sites for hydroxylation is 1. The second-order valence-corrected chi connectivity index (χ2v) is 7.07. The SMILES string of the molecule is Cc1nc(NC(=O)COC(=O)c2cc(Cl)c3c(c2)OCCCO3)c(Cl)cc1Cl. The van der Waals surface area contributed by atoms with Gasteiger partial charge in [-0.3, -0.25) is 4.79 Å². The zero-order valence-corrected chi connectivity index (χ0v) is 17.0. The molecule has 1 aliphatic rings. The van der Waals surface area contributed by atoms with Gasteiger partial charge in [0.2, 0.25) is 0 Å². The van der Waals surface area contributed by atoms with Gasteiger partial charge in [0.15, 0.2) is 23.9 Å². The molecule has 0 bridgehead atoms. The van der Waals surface area contributed by atoms with Crippen molar-refractivity contribution in [2.24, 2.45) is 0 Å². The Labute approximate surface area is 175 Å². The van der Waals surface area contributed by atoms with E-state index in [0.717, 1.165) is 0 Å². The van der Waals surface area contributed by atoms with Crippen molar-refractivity contribution in [3.8, 4) is 11.5 Å². The molecule has 7 nitrogen and oxygen atoms in total. The number of hydrogen-bond donors (Lipinski definition) is 1. The number of nitrogens with zero attached hydrogens (tertiary/aromatic N) is 1. The summed E-state index contributed by atoms with van der Waals surface area (Å²) in [5, 5.41) is 3.24. The van der Waals surface area contributed by atoms with Crippen molar-refractivity contribution in [2.45, 2.75) is 13.3 Å². The number of halogens is 3. The van der Waals surface area contributed by atoms with Gasteiger partial charge in [-0.25, -0.2) is 9.78 Å². The van der Waals surface area contributed by atoms with Gasteiger partial charge in [-0.05, 0) is 25.1 Å². The molecular weight excluding hydrogens is 431 g/mol. The highest BCUT2D eigenvalue weighted by molar-refractivity contribution is 6.36. The Hall–Kier alpha value is -2.22. The third kappa shape index (κ3) is 4.79. The van der Waals surface area contributed by atoms with Gasteiger partial charge in [-0.2, -0.15) is 0 Å². The minimum absolute atomic E-state index is 0.128. The Morgan fingerprint density at radius 2 is 1.86 bits per heavy atom. The summed E-state index contributed by atoms with van der Waals surface area (Å²) >= 11 is 18.1. The maximum Gasteiger partial charge on any atom is 0.338 e. The van der Waals surface area contributed by atoms with Crippen molar-refractivity contribution in [3.05, 3.63) is 44.5 Å². The Bertz CT molecular complexity index is 936. The van der Waals surface area contributed by atoms with Gasteiger partial charge in [-0.15, -0.1) is 0 Å². The van der Waals surface area contributed by atoms with E-state index in [1.807, 2.05) is 0 Å². The molecule has 1 aromatic heterocycles. The van der Waals surface area contributed by atoms with Crippen molar-refractivity contribution < 1.29 is 23.8 Å². The lowest BCUT2D eigenvalue weighted by Crippen LogP contribution is -2.22. The third-order valence-electron chi connectivity index (χ3n) is 3.73. The number of nitrogens with one attached hydrogen (secondary N) is 1. The Morgan fingerprint density at radius 1 is 1.11 bits per heavy atom. The first-order valence-electron chi connectivity index (χ1n) is 8.24. The average Bonchev–Trinajstić information content (AvgIpc) is 2.90. The Morgan fingerprint density at radius 3 is 2.64 bits per heavy atom.